The highest BCUT2D eigenvalue weighted by molar-refractivity contribution is 7.99. The zero-order chi connectivity index (χ0) is 14.7. The van der Waals surface area contributed by atoms with Crippen LogP contribution in [-0.4, -0.2) is 16.5 Å². The van der Waals surface area contributed by atoms with Gasteiger partial charge in [-0.2, -0.15) is 0 Å². The van der Waals surface area contributed by atoms with Crippen LogP contribution in [0.2, 0.25) is 0 Å². The first-order chi connectivity index (χ1) is 10.2. The lowest BCUT2D eigenvalue weighted by molar-refractivity contribution is 0.626. The predicted molar refractivity (Wildman–Crippen MR) is 83.3 cm³/mol. The van der Waals surface area contributed by atoms with E-state index in [2.05, 4.69) is 22.2 Å². The first kappa shape index (κ1) is 14.3. The van der Waals surface area contributed by atoms with Gasteiger partial charge in [0, 0.05) is 23.4 Å². The molecule has 1 aromatic heterocycles. The Morgan fingerprint density at radius 2 is 2.00 bits per heavy atom. The number of benzene rings is 1. The molecule has 2 aromatic rings. The van der Waals surface area contributed by atoms with Crippen LogP contribution in [0, 0.1) is 5.82 Å². The van der Waals surface area contributed by atoms with E-state index in [-0.39, 0.29) is 5.82 Å². The number of hydrogen-bond donors (Lipinski definition) is 1. The van der Waals surface area contributed by atoms with E-state index in [4.69, 9.17) is 0 Å². The van der Waals surface area contributed by atoms with Gasteiger partial charge in [-0.15, -0.1) is 0 Å². The zero-order valence-corrected chi connectivity index (χ0v) is 12.8. The third-order valence-electron chi connectivity index (χ3n) is 3.25. The smallest absolute Gasteiger partial charge is 0.135 e. The Labute approximate surface area is 128 Å². The van der Waals surface area contributed by atoms with E-state index >= 15 is 0 Å². The van der Waals surface area contributed by atoms with Gasteiger partial charge in [0.15, 0.2) is 0 Å². The van der Waals surface area contributed by atoms with Crippen molar-refractivity contribution in [2.75, 3.05) is 11.9 Å². The highest BCUT2D eigenvalue weighted by Gasteiger charge is 2.27. The molecule has 0 amide bonds. The molecule has 0 bridgehead atoms. The van der Waals surface area contributed by atoms with Crippen LogP contribution in [0.5, 0.6) is 0 Å². The lowest BCUT2D eigenvalue weighted by Gasteiger charge is -2.09. The number of nitrogens with one attached hydrogen (secondary N) is 1. The van der Waals surface area contributed by atoms with Crippen LogP contribution in [0.3, 0.4) is 0 Å². The van der Waals surface area contributed by atoms with Gasteiger partial charge in [-0.05, 0) is 43.5 Å². The average molecular weight is 303 g/mol. The molecule has 1 aliphatic rings. The van der Waals surface area contributed by atoms with Crippen LogP contribution >= 0.6 is 11.8 Å². The third-order valence-corrected chi connectivity index (χ3v) is 4.18. The monoisotopic (exact) mass is 303 g/mol. The molecule has 0 atom stereocenters. The summed E-state index contributed by atoms with van der Waals surface area (Å²) in [4.78, 5) is 10.2. The maximum atomic E-state index is 13.0. The second kappa shape index (κ2) is 6.43. The fourth-order valence-electron chi connectivity index (χ4n) is 1.99. The third kappa shape index (κ3) is 3.94. The molecule has 21 heavy (non-hydrogen) atoms. The molecule has 0 spiro atoms. The van der Waals surface area contributed by atoms with Gasteiger partial charge in [0.25, 0.3) is 0 Å². The summed E-state index contributed by atoms with van der Waals surface area (Å²) in [7, 11) is 0. The predicted octanol–water partition coefficient (Wildman–Crippen LogP) is 4.47. The van der Waals surface area contributed by atoms with Gasteiger partial charge >= 0.3 is 0 Å². The Bertz CT molecular complexity index is 611. The Morgan fingerprint density at radius 3 is 2.67 bits per heavy atom. The van der Waals surface area contributed by atoms with Gasteiger partial charge in [0.1, 0.15) is 22.5 Å². The summed E-state index contributed by atoms with van der Waals surface area (Å²) < 4.78 is 13.0. The molecule has 1 aliphatic carbocycles. The minimum atomic E-state index is -0.217. The van der Waals surface area contributed by atoms with Crippen molar-refractivity contribution < 1.29 is 4.39 Å². The molecule has 0 aliphatic heterocycles. The molecule has 0 radical (unpaired) electrons. The van der Waals surface area contributed by atoms with Gasteiger partial charge in [-0.3, -0.25) is 0 Å². The van der Waals surface area contributed by atoms with Crippen LogP contribution in [0.25, 0.3) is 0 Å². The molecule has 0 unspecified atom stereocenters. The zero-order valence-electron chi connectivity index (χ0n) is 12.0. The van der Waals surface area contributed by atoms with E-state index < -0.39 is 0 Å². The first-order valence-corrected chi connectivity index (χ1v) is 8.12. The van der Waals surface area contributed by atoms with E-state index in [9.17, 15) is 4.39 Å². The average Bonchev–Trinajstić information content (AvgIpc) is 3.32. The highest BCUT2D eigenvalue weighted by Crippen LogP contribution is 2.39. The van der Waals surface area contributed by atoms with E-state index in [0.29, 0.717) is 5.92 Å². The van der Waals surface area contributed by atoms with Crippen molar-refractivity contribution in [1.29, 1.82) is 0 Å². The maximum absolute atomic E-state index is 13.0. The minimum Gasteiger partial charge on any atom is -0.370 e. The molecule has 1 fully saturated rings. The van der Waals surface area contributed by atoms with Crippen molar-refractivity contribution in [3.8, 4) is 0 Å². The molecule has 1 aromatic carbocycles. The number of halogens is 1. The summed E-state index contributed by atoms with van der Waals surface area (Å²) >= 11 is 1.55. The maximum Gasteiger partial charge on any atom is 0.135 e. The van der Waals surface area contributed by atoms with Crippen molar-refractivity contribution in [2.45, 2.75) is 42.0 Å². The second-order valence-electron chi connectivity index (χ2n) is 5.21. The molecule has 0 saturated heterocycles. The molecule has 5 heteroatoms. The summed E-state index contributed by atoms with van der Waals surface area (Å²) in [6, 6.07) is 8.47. The minimum absolute atomic E-state index is 0.217. The number of hydrogen-bond acceptors (Lipinski definition) is 4. The Hall–Kier alpha value is -1.62. The Balaban J connectivity index is 1.82. The molecular weight excluding hydrogens is 285 g/mol. The molecule has 1 N–H and O–H groups in total. The van der Waals surface area contributed by atoms with E-state index in [1.807, 2.05) is 6.07 Å². The van der Waals surface area contributed by atoms with Crippen LogP contribution < -0.4 is 5.32 Å². The van der Waals surface area contributed by atoms with Gasteiger partial charge in [-0.25, -0.2) is 14.4 Å². The fourth-order valence-corrected chi connectivity index (χ4v) is 2.81. The largest absolute Gasteiger partial charge is 0.370 e. The van der Waals surface area contributed by atoms with Crippen LogP contribution in [-0.2, 0) is 0 Å². The lowest BCUT2D eigenvalue weighted by Crippen LogP contribution is -2.05. The Kier molecular flexibility index (Phi) is 4.39. The van der Waals surface area contributed by atoms with Crippen molar-refractivity contribution in [2.24, 2.45) is 0 Å². The SMILES string of the molecule is CCCNc1cc(Sc2ccc(F)cc2)nc(C2CC2)n1. The summed E-state index contributed by atoms with van der Waals surface area (Å²) in [6.07, 6.45) is 3.42. The van der Waals surface area contributed by atoms with Crippen molar-refractivity contribution in [1.82, 2.24) is 9.97 Å². The summed E-state index contributed by atoms with van der Waals surface area (Å²) in [5.41, 5.74) is 0. The lowest BCUT2D eigenvalue weighted by atomic mass is 10.3. The molecule has 1 heterocycles. The van der Waals surface area contributed by atoms with Crippen molar-refractivity contribution in [3.63, 3.8) is 0 Å². The first-order valence-electron chi connectivity index (χ1n) is 7.31. The van der Waals surface area contributed by atoms with Gasteiger partial charge < -0.3 is 5.32 Å². The van der Waals surface area contributed by atoms with Crippen LogP contribution in [0.15, 0.2) is 40.3 Å². The molecule has 3 rings (SSSR count). The molecular formula is C16H18FN3S. The van der Waals surface area contributed by atoms with E-state index in [0.717, 1.165) is 34.5 Å². The number of aromatic nitrogens is 2. The normalized spacial score (nSPS) is 14.2. The second-order valence-corrected chi connectivity index (χ2v) is 6.30. The quantitative estimate of drug-likeness (QED) is 0.799. The van der Waals surface area contributed by atoms with E-state index in [1.54, 1.807) is 23.9 Å². The van der Waals surface area contributed by atoms with E-state index in [1.165, 1.54) is 25.0 Å². The van der Waals surface area contributed by atoms with Crippen molar-refractivity contribution in [3.05, 3.63) is 42.0 Å². The topological polar surface area (TPSA) is 37.8 Å². The molecule has 3 nitrogen and oxygen atoms in total. The summed E-state index contributed by atoms with van der Waals surface area (Å²) in [6.45, 7) is 3.03. The molecule has 1 saturated carbocycles. The number of anilines is 1. The summed E-state index contributed by atoms with van der Waals surface area (Å²) in [5.74, 6) is 2.12. The standard InChI is InChI=1S/C16H18FN3S/c1-2-9-18-14-10-15(20-16(19-14)11-3-4-11)21-13-7-5-12(17)6-8-13/h5-8,10-11H,2-4,9H2,1H3,(H,18,19,20). The van der Waals surface area contributed by atoms with Crippen LogP contribution in [0.1, 0.15) is 37.9 Å². The number of nitrogens with zero attached hydrogens (tertiary/aromatic N) is 2. The summed E-state index contributed by atoms with van der Waals surface area (Å²) in [5, 5.41) is 4.24. The Morgan fingerprint density at radius 1 is 1.24 bits per heavy atom. The highest BCUT2D eigenvalue weighted by atomic mass is 32.2. The van der Waals surface area contributed by atoms with Gasteiger partial charge in [0.05, 0.1) is 0 Å². The fraction of sp³-hybridized carbons (Fsp3) is 0.375. The number of rotatable bonds is 6. The van der Waals surface area contributed by atoms with Crippen LogP contribution in [0.4, 0.5) is 10.2 Å². The van der Waals surface area contributed by atoms with Gasteiger partial charge in [-0.1, -0.05) is 18.7 Å². The van der Waals surface area contributed by atoms with Crippen molar-refractivity contribution >= 4 is 17.6 Å². The molecule has 110 valence electrons. The van der Waals surface area contributed by atoms with Gasteiger partial charge in [0.2, 0.25) is 0 Å².